The zero-order valence-corrected chi connectivity index (χ0v) is 9.59. The van der Waals surface area contributed by atoms with Gasteiger partial charge in [0.2, 0.25) is 0 Å². The van der Waals surface area contributed by atoms with E-state index in [2.05, 4.69) is 32.3 Å². The average Bonchev–Trinajstić information content (AvgIpc) is 2.25. The number of allylic oxidation sites excluding steroid dienone is 1. The maximum atomic E-state index is 3.73. The molecule has 1 aromatic rings. The van der Waals surface area contributed by atoms with E-state index >= 15 is 0 Å². The lowest BCUT2D eigenvalue weighted by Gasteiger charge is -2.15. The Labute approximate surface area is 93.0 Å². The molecule has 0 nitrogen and oxygen atoms in total. The Hall–Kier alpha value is -1.48. The van der Waals surface area contributed by atoms with Crippen LogP contribution in [0.25, 0.3) is 0 Å². The van der Waals surface area contributed by atoms with E-state index in [-0.39, 0.29) is 5.41 Å². The van der Waals surface area contributed by atoms with Crippen molar-refractivity contribution in [3.63, 3.8) is 0 Å². The van der Waals surface area contributed by atoms with Crippen LogP contribution in [0, 0.1) is 17.3 Å². The van der Waals surface area contributed by atoms with Gasteiger partial charge in [0.1, 0.15) is 0 Å². The van der Waals surface area contributed by atoms with Crippen LogP contribution in [-0.4, -0.2) is 0 Å². The van der Waals surface area contributed by atoms with Crippen molar-refractivity contribution >= 4 is 0 Å². The summed E-state index contributed by atoms with van der Waals surface area (Å²) in [5.74, 6) is 6.52. The van der Waals surface area contributed by atoms with Gasteiger partial charge in [0.15, 0.2) is 0 Å². The lowest BCUT2D eigenvalue weighted by molar-refractivity contribution is 0.463. The quantitative estimate of drug-likeness (QED) is 0.508. The zero-order chi connectivity index (χ0) is 11.1. The first-order chi connectivity index (χ1) is 7.14. The Bertz CT molecular complexity index is 360. The van der Waals surface area contributed by atoms with Crippen molar-refractivity contribution < 1.29 is 0 Å². The predicted molar refractivity (Wildman–Crippen MR) is 66.5 cm³/mol. The minimum atomic E-state index is 0.0734. The van der Waals surface area contributed by atoms with E-state index in [4.69, 9.17) is 0 Å². The Morgan fingerprint density at radius 3 is 2.53 bits per heavy atom. The Kier molecular flexibility index (Phi) is 4.18. The third-order valence-corrected chi connectivity index (χ3v) is 2.29. The molecule has 0 radical (unpaired) electrons. The van der Waals surface area contributed by atoms with Gasteiger partial charge in [-0.05, 0) is 38.8 Å². The molecule has 0 spiro atoms. The molecule has 0 aromatic heterocycles. The second-order valence-corrected chi connectivity index (χ2v) is 4.33. The van der Waals surface area contributed by atoms with Gasteiger partial charge in [0.05, 0.1) is 0 Å². The topological polar surface area (TPSA) is 0 Å². The van der Waals surface area contributed by atoms with Gasteiger partial charge in [0.25, 0.3) is 0 Å². The molecular weight excluding hydrogens is 180 g/mol. The van der Waals surface area contributed by atoms with Gasteiger partial charge in [-0.15, -0.1) is 6.58 Å². The van der Waals surface area contributed by atoms with Gasteiger partial charge >= 0.3 is 0 Å². The molecule has 0 aliphatic rings. The molecule has 0 heteroatoms. The van der Waals surface area contributed by atoms with Crippen molar-refractivity contribution in [2.24, 2.45) is 5.41 Å². The molecule has 0 heterocycles. The molecule has 0 N–H and O–H groups in total. The Balaban J connectivity index is 2.68. The summed E-state index contributed by atoms with van der Waals surface area (Å²) in [5, 5.41) is 0. The van der Waals surface area contributed by atoms with Crippen molar-refractivity contribution in [2.45, 2.75) is 26.7 Å². The van der Waals surface area contributed by atoms with E-state index in [1.54, 1.807) is 0 Å². The zero-order valence-electron chi connectivity index (χ0n) is 9.59. The first-order valence-corrected chi connectivity index (χ1v) is 5.33. The second-order valence-electron chi connectivity index (χ2n) is 4.33. The number of hydrogen-bond acceptors (Lipinski definition) is 0. The molecular formula is C15H18. The minimum absolute atomic E-state index is 0.0734. The number of hydrogen-bond donors (Lipinski definition) is 0. The average molecular weight is 198 g/mol. The van der Waals surface area contributed by atoms with E-state index in [0.717, 1.165) is 18.4 Å². The lowest BCUT2D eigenvalue weighted by Crippen LogP contribution is -2.07. The molecule has 78 valence electrons. The molecule has 0 bridgehead atoms. The van der Waals surface area contributed by atoms with Crippen LogP contribution in [0.1, 0.15) is 32.3 Å². The summed E-state index contributed by atoms with van der Waals surface area (Å²) in [7, 11) is 0. The second kappa shape index (κ2) is 5.41. The van der Waals surface area contributed by atoms with Crippen LogP contribution in [0.3, 0.4) is 0 Å². The summed E-state index contributed by atoms with van der Waals surface area (Å²) in [4.78, 5) is 0. The summed E-state index contributed by atoms with van der Waals surface area (Å²) in [6, 6.07) is 10.1. The fourth-order valence-corrected chi connectivity index (χ4v) is 1.29. The molecule has 0 fully saturated rings. The largest absolute Gasteiger partial charge is 0.103 e. The van der Waals surface area contributed by atoms with Crippen molar-refractivity contribution in [3.05, 3.63) is 48.6 Å². The Morgan fingerprint density at radius 2 is 1.93 bits per heavy atom. The summed E-state index contributed by atoms with van der Waals surface area (Å²) in [6.45, 7) is 8.08. The van der Waals surface area contributed by atoms with Crippen LogP contribution >= 0.6 is 0 Å². The first-order valence-electron chi connectivity index (χ1n) is 5.33. The van der Waals surface area contributed by atoms with E-state index in [0.29, 0.717) is 0 Å². The maximum absolute atomic E-state index is 3.73. The summed E-state index contributed by atoms with van der Waals surface area (Å²) < 4.78 is 0. The van der Waals surface area contributed by atoms with Gasteiger partial charge in [-0.1, -0.05) is 36.1 Å². The van der Waals surface area contributed by atoms with Gasteiger partial charge in [-0.3, -0.25) is 0 Å². The smallest absolute Gasteiger partial charge is 0.0265 e. The van der Waals surface area contributed by atoms with Crippen LogP contribution in [0.15, 0.2) is 43.0 Å². The third-order valence-electron chi connectivity index (χ3n) is 2.29. The Morgan fingerprint density at radius 1 is 1.27 bits per heavy atom. The van der Waals surface area contributed by atoms with Gasteiger partial charge < -0.3 is 0 Å². The highest BCUT2D eigenvalue weighted by Gasteiger charge is 2.12. The van der Waals surface area contributed by atoms with E-state index in [1.807, 2.05) is 36.4 Å². The van der Waals surface area contributed by atoms with Crippen LogP contribution in [-0.2, 0) is 0 Å². The number of benzene rings is 1. The van der Waals surface area contributed by atoms with Crippen LogP contribution in [0.5, 0.6) is 0 Å². The molecule has 0 atom stereocenters. The van der Waals surface area contributed by atoms with Crippen molar-refractivity contribution in [1.82, 2.24) is 0 Å². The van der Waals surface area contributed by atoms with Gasteiger partial charge in [-0.25, -0.2) is 0 Å². The van der Waals surface area contributed by atoms with Crippen molar-refractivity contribution in [3.8, 4) is 11.8 Å². The van der Waals surface area contributed by atoms with Gasteiger partial charge in [0, 0.05) is 11.0 Å². The van der Waals surface area contributed by atoms with Crippen LogP contribution in [0.4, 0.5) is 0 Å². The first kappa shape index (κ1) is 11.6. The summed E-state index contributed by atoms with van der Waals surface area (Å²) >= 11 is 0. The van der Waals surface area contributed by atoms with Crippen LogP contribution < -0.4 is 0 Å². The molecule has 0 amide bonds. The van der Waals surface area contributed by atoms with E-state index < -0.39 is 0 Å². The van der Waals surface area contributed by atoms with Gasteiger partial charge in [-0.2, -0.15) is 0 Å². The highest BCUT2D eigenvalue weighted by Crippen LogP contribution is 2.21. The van der Waals surface area contributed by atoms with Crippen molar-refractivity contribution in [1.29, 1.82) is 0 Å². The van der Waals surface area contributed by atoms with E-state index in [1.165, 1.54) is 0 Å². The molecule has 0 saturated carbocycles. The fourth-order valence-electron chi connectivity index (χ4n) is 1.29. The van der Waals surface area contributed by atoms with Crippen LogP contribution in [0.2, 0.25) is 0 Å². The standard InChI is InChI=1S/C15H18/c1-4-5-12-15(2,3)13-11-14-9-7-6-8-10-14/h4,6-10H,1,5,12H2,2-3H3. The van der Waals surface area contributed by atoms with E-state index in [9.17, 15) is 0 Å². The SMILES string of the molecule is C=CCCC(C)(C)C#Cc1ccccc1. The normalized spacial score (nSPS) is 10.3. The maximum Gasteiger partial charge on any atom is 0.0265 e. The molecule has 1 aromatic carbocycles. The third kappa shape index (κ3) is 4.51. The predicted octanol–water partition coefficient (Wildman–Crippen LogP) is 4.03. The fraction of sp³-hybridized carbons (Fsp3) is 0.333. The molecule has 0 aliphatic carbocycles. The highest BCUT2D eigenvalue weighted by molar-refractivity contribution is 5.34. The monoisotopic (exact) mass is 198 g/mol. The molecule has 1 rings (SSSR count). The molecule has 0 unspecified atom stereocenters. The molecule has 15 heavy (non-hydrogen) atoms. The summed E-state index contributed by atoms with van der Waals surface area (Å²) in [5.41, 5.74) is 1.16. The van der Waals surface area contributed by atoms with Crippen molar-refractivity contribution in [2.75, 3.05) is 0 Å². The highest BCUT2D eigenvalue weighted by atomic mass is 14.1. The molecule has 0 saturated heterocycles. The molecule has 0 aliphatic heterocycles. The summed E-state index contributed by atoms with van der Waals surface area (Å²) in [6.07, 6.45) is 4.04. The minimum Gasteiger partial charge on any atom is -0.103 e. The number of rotatable bonds is 3. The lowest BCUT2D eigenvalue weighted by atomic mass is 9.88.